The van der Waals surface area contributed by atoms with Gasteiger partial charge in [0.25, 0.3) is 0 Å². The molecule has 0 bridgehead atoms. The summed E-state index contributed by atoms with van der Waals surface area (Å²) in [6, 6.07) is 8.59. The number of hydrogen-bond donors (Lipinski definition) is 1. The molecule has 0 saturated carbocycles. The lowest BCUT2D eigenvalue weighted by Gasteiger charge is -2.43. The number of nitrogens with zero attached hydrogens (tertiary/aromatic N) is 1. The minimum absolute atomic E-state index is 0.206. The number of rotatable bonds is 5. The molecule has 0 aromatic heterocycles. The third kappa shape index (κ3) is 4.06. The van der Waals surface area contributed by atoms with Crippen LogP contribution in [0.4, 0.5) is 0 Å². The number of ether oxygens (including phenoxy) is 2. The first-order valence-electron chi connectivity index (χ1n) is 8.80. The summed E-state index contributed by atoms with van der Waals surface area (Å²) in [4.78, 5) is 2.48. The zero-order chi connectivity index (χ0) is 16.3. The highest BCUT2D eigenvalue weighted by Crippen LogP contribution is 2.35. The Labute approximate surface area is 139 Å². The van der Waals surface area contributed by atoms with E-state index < -0.39 is 5.60 Å². The van der Waals surface area contributed by atoms with Gasteiger partial charge in [0.2, 0.25) is 0 Å². The van der Waals surface area contributed by atoms with Gasteiger partial charge in [-0.3, -0.25) is 4.90 Å². The fraction of sp³-hybridized carbons (Fsp3) is 0.684. The van der Waals surface area contributed by atoms with E-state index in [4.69, 9.17) is 9.47 Å². The molecule has 0 radical (unpaired) electrons. The molecule has 2 saturated heterocycles. The zero-order valence-corrected chi connectivity index (χ0v) is 14.3. The average molecular weight is 319 g/mol. The van der Waals surface area contributed by atoms with Crippen molar-refractivity contribution in [2.45, 2.75) is 44.8 Å². The second-order valence-electron chi connectivity index (χ2n) is 7.20. The molecular formula is C19H29NO3. The average Bonchev–Trinajstić information content (AvgIpc) is 2.95. The van der Waals surface area contributed by atoms with Gasteiger partial charge in [-0.05, 0) is 57.4 Å². The monoisotopic (exact) mass is 319 g/mol. The van der Waals surface area contributed by atoms with E-state index in [9.17, 15) is 5.11 Å². The van der Waals surface area contributed by atoms with E-state index in [1.165, 1.54) is 12.0 Å². The van der Waals surface area contributed by atoms with E-state index in [1.807, 2.05) is 19.1 Å². The van der Waals surface area contributed by atoms with Crippen molar-refractivity contribution >= 4 is 0 Å². The van der Waals surface area contributed by atoms with Crippen LogP contribution in [-0.2, 0) is 4.74 Å². The molecule has 1 N–H and O–H groups in total. The van der Waals surface area contributed by atoms with Gasteiger partial charge in [0.05, 0.1) is 12.2 Å². The maximum atomic E-state index is 10.7. The van der Waals surface area contributed by atoms with Crippen molar-refractivity contribution in [2.24, 2.45) is 5.92 Å². The van der Waals surface area contributed by atoms with Crippen LogP contribution in [0.2, 0.25) is 0 Å². The molecular weight excluding hydrogens is 290 g/mol. The first-order valence-corrected chi connectivity index (χ1v) is 8.80. The molecule has 0 aliphatic carbocycles. The highest BCUT2D eigenvalue weighted by Gasteiger charge is 2.43. The van der Waals surface area contributed by atoms with E-state index >= 15 is 0 Å². The predicted molar refractivity (Wildman–Crippen MR) is 90.8 cm³/mol. The van der Waals surface area contributed by atoms with Gasteiger partial charge in [-0.15, -0.1) is 0 Å². The third-order valence-corrected chi connectivity index (χ3v) is 5.36. The zero-order valence-electron chi connectivity index (χ0n) is 14.3. The van der Waals surface area contributed by atoms with E-state index in [2.05, 4.69) is 24.0 Å². The summed E-state index contributed by atoms with van der Waals surface area (Å²) >= 11 is 0. The maximum Gasteiger partial charge on any atom is 0.119 e. The minimum atomic E-state index is -0.608. The Morgan fingerprint density at radius 2 is 2.30 bits per heavy atom. The molecule has 3 atom stereocenters. The van der Waals surface area contributed by atoms with Gasteiger partial charge in [0.15, 0.2) is 0 Å². The van der Waals surface area contributed by atoms with E-state index in [0.717, 1.165) is 31.7 Å². The lowest BCUT2D eigenvalue weighted by molar-refractivity contribution is -0.123. The van der Waals surface area contributed by atoms with E-state index in [-0.39, 0.29) is 5.92 Å². The lowest BCUT2D eigenvalue weighted by atomic mass is 9.79. The van der Waals surface area contributed by atoms with Gasteiger partial charge in [0, 0.05) is 25.1 Å². The van der Waals surface area contributed by atoms with Crippen molar-refractivity contribution in [2.75, 3.05) is 32.9 Å². The van der Waals surface area contributed by atoms with Crippen molar-refractivity contribution in [3.05, 3.63) is 29.8 Å². The summed E-state index contributed by atoms with van der Waals surface area (Å²) < 4.78 is 11.5. The highest BCUT2D eigenvalue weighted by molar-refractivity contribution is 5.27. The van der Waals surface area contributed by atoms with Gasteiger partial charge in [-0.2, -0.15) is 0 Å². The molecule has 0 amide bonds. The SMILES string of the molecule is Cc1cccc(OCCN2CCC[C@@H]2[C@@H]2COCC[C@@]2(C)O)c1. The van der Waals surface area contributed by atoms with Crippen LogP contribution in [0, 0.1) is 12.8 Å². The van der Waals surface area contributed by atoms with Crippen molar-refractivity contribution in [1.29, 1.82) is 0 Å². The minimum Gasteiger partial charge on any atom is -0.492 e. The van der Waals surface area contributed by atoms with E-state index in [0.29, 0.717) is 25.9 Å². The van der Waals surface area contributed by atoms with Crippen molar-refractivity contribution in [3.8, 4) is 5.75 Å². The standard InChI is InChI=1S/C19H29NO3/c1-15-5-3-6-16(13-15)23-12-10-20-9-4-7-18(20)17-14-22-11-8-19(17,2)21/h3,5-6,13,17-18,21H,4,7-12,14H2,1-2H3/t17-,18+,19+/m0/s1. The van der Waals surface area contributed by atoms with Gasteiger partial charge >= 0.3 is 0 Å². The fourth-order valence-electron chi connectivity index (χ4n) is 3.95. The van der Waals surface area contributed by atoms with Gasteiger partial charge in [-0.1, -0.05) is 12.1 Å². The van der Waals surface area contributed by atoms with Crippen LogP contribution in [0.5, 0.6) is 5.75 Å². The highest BCUT2D eigenvalue weighted by atomic mass is 16.5. The van der Waals surface area contributed by atoms with Crippen LogP contribution in [0.3, 0.4) is 0 Å². The number of aryl methyl sites for hydroxylation is 1. The molecule has 2 heterocycles. The number of likely N-dealkylation sites (tertiary alicyclic amines) is 1. The van der Waals surface area contributed by atoms with Crippen LogP contribution < -0.4 is 4.74 Å². The number of hydrogen-bond acceptors (Lipinski definition) is 4. The molecule has 23 heavy (non-hydrogen) atoms. The molecule has 128 valence electrons. The van der Waals surface area contributed by atoms with Crippen LogP contribution in [0.15, 0.2) is 24.3 Å². The van der Waals surface area contributed by atoms with Gasteiger partial charge in [-0.25, -0.2) is 0 Å². The second kappa shape index (κ2) is 7.20. The van der Waals surface area contributed by atoms with Crippen molar-refractivity contribution < 1.29 is 14.6 Å². The van der Waals surface area contributed by atoms with E-state index in [1.54, 1.807) is 0 Å². The van der Waals surface area contributed by atoms with Crippen LogP contribution in [0.1, 0.15) is 31.7 Å². The molecule has 0 spiro atoms. The molecule has 2 aliphatic rings. The topological polar surface area (TPSA) is 41.9 Å². The largest absolute Gasteiger partial charge is 0.492 e. The molecule has 4 heteroatoms. The second-order valence-corrected chi connectivity index (χ2v) is 7.20. The Hall–Kier alpha value is -1.10. The van der Waals surface area contributed by atoms with Gasteiger partial charge in [0.1, 0.15) is 12.4 Å². The summed E-state index contributed by atoms with van der Waals surface area (Å²) in [5.74, 6) is 1.14. The maximum absolute atomic E-state index is 10.7. The lowest BCUT2D eigenvalue weighted by Crippen LogP contribution is -2.53. The van der Waals surface area contributed by atoms with Crippen molar-refractivity contribution in [1.82, 2.24) is 4.90 Å². The smallest absolute Gasteiger partial charge is 0.119 e. The molecule has 1 aromatic rings. The Balaban J connectivity index is 1.54. The summed E-state index contributed by atoms with van der Waals surface area (Å²) in [6.45, 7) is 8.09. The summed E-state index contributed by atoms with van der Waals surface area (Å²) in [5.41, 5.74) is 0.611. The van der Waals surface area contributed by atoms with Crippen LogP contribution in [-0.4, -0.2) is 54.6 Å². The molecule has 2 aliphatic heterocycles. The Kier molecular flexibility index (Phi) is 5.24. The summed E-state index contributed by atoms with van der Waals surface area (Å²) in [6.07, 6.45) is 3.08. The molecule has 2 fully saturated rings. The quantitative estimate of drug-likeness (QED) is 0.906. The van der Waals surface area contributed by atoms with Gasteiger partial charge < -0.3 is 14.6 Å². The molecule has 3 rings (SSSR count). The summed E-state index contributed by atoms with van der Waals surface area (Å²) in [7, 11) is 0. The number of benzene rings is 1. The predicted octanol–water partition coefficient (Wildman–Crippen LogP) is 2.63. The Bertz CT molecular complexity index is 517. The molecule has 0 unspecified atom stereocenters. The Morgan fingerprint density at radius 3 is 3.09 bits per heavy atom. The summed E-state index contributed by atoms with van der Waals surface area (Å²) in [5, 5.41) is 10.7. The first kappa shape index (κ1) is 16.7. The Morgan fingerprint density at radius 1 is 1.43 bits per heavy atom. The number of aliphatic hydroxyl groups is 1. The normalized spacial score (nSPS) is 32.1. The van der Waals surface area contributed by atoms with Crippen LogP contribution >= 0.6 is 0 Å². The van der Waals surface area contributed by atoms with Crippen molar-refractivity contribution in [3.63, 3.8) is 0 Å². The molecule has 1 aromatic carbocycles. The van der Waals surface area contributed by atoms with Crippen LogP contribution in [0.25, 0.3) is 0 Å². The third-order valence-electron chi connectivity index (χ3n) is 5.36. The fourth-order valence-corrected chi connectivity index (χ4v) is 3.95. The first-order chi connectivity index (χ1) is 11.1. The molecule has 4 nitrogen and oxygen atoms in total.